The van der Waals surface area contributed by atoms with E-state index >= 15 is 0 Å². The number of aromatic nitrogens is 3. The summed E-state index contributed by atoms with van der Waals surface area (Å²) in [5.74, 6) is 0.446. The summed E-state index contributed by atoms with van der Waals surface area (Å²) in [7, 11) is 0. The molecule has 3 aromatic rings. The Hall–Kier alpha value is -3.97. The van der Waals surface area contributed by atoms with Gasteiger partial charge < -0.3 is 21.7 Å². The molecule has 5 N–H and O–H groups in total. The number of halogens is 2. The van der Waals surface area contributed by atoms with Crippen LogP contribution in [0.1, 0.15) is 24.0 Å². The van der Waals surface area contributed by atoms with Crippen LogP contribution < -0.4 is 21.7 Å². The number of nitrogens with two attached hydrogens (primary N) is 2. The highest BCUT2D eigenvalue weighted by atomic mass is 35.5. The molecular formula is C22H19ClFN9. The molecule has 0 radical (unpaired) electrons. The van der Waals surface area contributed by atoms with E-state index < -0.39 is 11.9 Å². The zero-order valence-corrected chi connectivity index (χ0v) is 18.1. The number of rotatable bonds is 5. The molecule has 0 spiro atoms. The summed E-state index contributed by atoms with van der Waals surface area (Å²) in [5, 5.41) is 13.3. The molecule has 2 aromatic heterocycles. The molecular weight excluding hydrogens is 445 g/mol. The molecule has 1 aliphatic carbocycles. The third kappa shape index (κ3) is 3.87. The predicted octanol–water partition coefficient (Wildman–Crippen LogP) is 3.64. The maximum atomic E-state index is 14.8. The molecule has 5 rings (SSSR count). The molecule has 3 heterocycles. The first-order chi connectivity index (χ1) is 16.0. The van der Waals surface area contributed by atoms with E-state index in [0.29, 0.717) is 23.0 Å². The molecule has 0 bridgehead atoms. The molecule has 1 aromatic carbocycles. The Bertz CT molecular complexity index is 1300. The first-order valence-corrected chi connectivity index (χ1v) is 10.7. The summed E-state index contributed by atoms with van der Waals surface area (Å²) < 4.78 is 14.8. The molecule has 1 fully saturated rings. The third-order valence-corrected chi connectivity index (χ3v) is 6.04. The maximum Gasteiger partial charge on any atom is 0.224 e. The van der Waals surface area contributed by atoms with Crippen LogP contribution in [-0.4, -0.2) is 26.8 Å². The number of nitrogens with zero attached hydrogens (tertiary/aromatic N) is 6. The molecule has 1 saturated carbocycles. The maximum absolute atomic E-state index is 14.8. The van der Waals surface area contributed by atoms with E-state index in [4.69, 9.17) is 28.1 Å². The van der Waals surface area contributed by atoms with Crippen molar-refractivity contribution in [2.45, 2.75) is 25.4 Å². The van der Waals surface area contributed by atoms with Crippen LogP contribution in [0, 0.1) is 23.1 Å². The average Bonchev–Trinajstić information content (AvgIpc) is 3.65. The first-order valence-electron chi connectivity index (χ1n) is 10.3. The summed E-state index contributed by atoms with van der Waals surface area (Å²) in [6, 6.07) is 8.18. The van der Waals surface area contributed by atoms with Crippen molar-refractivity contribution in [1.82, 2.24) is 15.0 Å². The summed E-state index contributed by atoms with van der Waals surface area (Å²) in [4.78, 5) is 19.0. The van der Waals surface area contributed by atoms with Gasteiger partial charge in [-0.25, -0.2) is 9.38 Å². The number of hydrogen-bond acceptors (Lipinski definition) is 9. The second-order valence-corrected chi connectivity index (χ2v) is 8.29. The lowest BCUT2D eigenvalue weighted by Crippen LogP contribution is -2.46. The van der Waals surface area contributed by atoms with Crippen molar-refractivity contribution in [3.63, 3.8) is 0 Å². The van der Waals surface area contributed by atoms with Gasteiger partial charge in [-0.2, -0.15) is 15.2 Å². The lowest BCUT2D eigenvalue weighted by Gasteiger charge is -2.35. The first kappa shape index (κ1) is 20.9. The average molecular weight is 464 g/mol. The van der Waals surface area contributed by atoms with E-state index in [-0.39, 0.29) is 34.8 Å². The van der Waals surface area contributed by atoms with Gasteiger partial charge in [0, 0.05) is 16.8 Å². The zero-order chi connectivity index (χ0) is 23.1. The molecule has 33 heavy (non-hydrogen) atoms. The van der Waals surface area contributed by atoms with E-state index in [1.54, 1.807) is 12.4 Å². The summed E-state index contributed by atoms with van der Waals surface area (Å²) >= 11 is 6.40. The summed E-state index contributed by atoms with van der Waals surface area (Å²) in [6.07, 6.45) is 5.24. The van der Waals surface area contributed by atoms with Gasteiger partial charge >= 0.3 is 0 Å². The van der Waals surface area contributed by atoms with Gasteiger partial charge in [-0.15, -0.1) is 0 Å². The minimum Gasteiger partial charge on any atom is -0.382 e. The van der Waals surface area contributed by atoms with Gasteiger partial charge in [0.1, 0.15) is 34.8 Å². The van der Waals surface area contributed by atoms with E-state index in [2.05, 4.69) is 20.3 Å². The number of aliphatic imine (C=N–C) groups is 1. The second-order valence-electron chi connectivity index (χ2n) is 7.89. The van der Waals surface area contributed by atoms with Crippen LogP contribution in [0.5, 0.6) is 0 Å². The van der Waals surface area contributed by atoms with Crippen molar-refractivity contribution in [1.29, 1.82) is 5.26 Å². The quantitative estimate of drug-likeness (QED) is 0.520. The summed E-state index contributed by atoms with van der Waals surface area (Å²) in [5.41, 5.74) is 13.3. The van der Waals surface area contributed by atoms with Gasteiger partial charge in [-0.05, 0) is 43.0 Å². The van der Waals surface area contributed by atoms with Crippen molar-refractivity contribution >= 4 is 46.4 Å². The lowest BCUT2D eigenvalue weighted by atomic mass is 10.0. The van der Waals surface area contributed by atoms with E-state index in [1.165, 1.54) is 12.1 Å². The Labute approximate surface area is 193 Å². The van der Waals surface area contributed by atoms with Gasteiger partial charge in [-0.3, -0.25) is 4.98 Å². The SMILES string of the molecule is N#Cc1c(N)nc(N)nc1N[C@H](C1=Nc2c(F)ccc(Cl)c2CN1c1cccnc1)C1CC1. The van der Waals surface area contributed by atoms with Crippen LogP contribution in [0.25, 0.3) is 0 Å². The van der Waals surface area contributed by atoms with Crippen LogP contribution >= 0.6 is 11.6 Å². The van der Waals surface area contributed by atoms with Crippen molar-refractivity contribution in [3.8, 4) is 6.07 Å². The van der Waals surface area contributed by atoms with E-state index in [9.17, 15) is 9.65 Å². The molecule has 0 amide bonds. The minimum atomic E-state index is -0.458. The summed E-state index contributed by atoms with van der Waals surface area (Å²) in [6.45, 7) is 0.306. The molecule has 0 saturated heterocycles. The number of fused-ring (bicyclic) bond motifs is 1. The van der Waals surface area contributed by atoms with Crippen LogP contribution in [0.2, 0.25) is 5.02 Å². The molecule has 11 heteroatoms. The lowest BCUT2D eigenvalue weighted by molar-refractivity contribution is 0.625. The number of amidine groups is 1. The number of nitrogens with one attached hydrogen (secondary N) is 1. The molecule has 1 aliphatic heterocycles. The highest BCUT2D eigenvalue weighted by Crippen LogP contribution is 2.41. The van der Waals surface area contributed by atoms with Crippen molar-refractivity contribution in [3.05, 3.63) is 58.6 Å². The monoisotopic (exact) mass is 463 g/mol. The van der Waals surface area contributed by atoms with Gasteiger partial charge in [-0.1, -0.05) is 11.6 Å². The number of benzene rings is 1. The fourth-order valence-electron chi connectivity index (χ4n) is 3.92. The van der Waals surface area contributed by atoms with Gasteiger partial charge in [0.05, 0.1) is 24.5 Å². The number of nitrogen functional groups attached to an aromatic ring is 2. The second kappa shape index (κ2) is 8.18. The fraction of sp³-hybridized carbons (Fsp3) is 0.227. The molecule has 9 nitrogen and oxygen atoms in total. The highest BCUT2D eigenvalue weighted by Gasteiger charge is 2.40. The van der Waals surface area contributed by atoms with Gasteiger partial charge in [0.25, 0.3) is 0 Å². The van der Waals surface area contributed by atoms with Crippen molar-refractivity contribution < 1.29 is 4.39 Å². The van der Waals surface area contributed by atoms with Crippen LogP contribution in [0.3, 0.4) is 0 Å². The Morgan fingerprint density at radius 1 is 1.24 bits per heavy atom. The third-order valence-electron chi connectivity index (χ3n) is 5.68. The van der Waals surface area contributed by atoms with Gasteiger partial charge in [0.2, 0.25) is 5.95 Å². The smallest absolute Gasteiger partial charge is 0.224 e. The number of pyridine rings is 1. The van der Waals surface area contributed by atoms with Crippen molar-refractivity contribution in [2.24, 2.45) is 10.9 Å². The Balaban J connectivity index is 1.65. The van der Waals surface area contributed by atoms with E-state index in [0.717, 1.165) is 18.5 Å². The topological polar surface area (TPSA) is 142 Å². The standard InChI is InChI=1S/C22H19ClFN9/c23-15-5-6-16(24)18-14(15)10-33(12-2-1-7-28-9-12)21(30-18)17(11-3-4-11)29-20-13(8-25)19(26)31-22(27)32-20/h1-2,5-7,9,11,17H,3-4,10H2,(H5,26,27,29,31,32)/t17-/m0/s1. The Morgan fingerprint density at radius 3 is 2.76 bits per heavy atom. The fourth-order valence-corrected chi connectivity index (χ4v) is 4.14. The Morgan fingerprint density at radius 2 is 2.06 bits per heavy atom. The minimum absolute atomic E-state index is 0.0140. The number of anilines is 4. The molecule has 0 unspecified atom stereocenters. The molecule has 166 valence electrons. The number of hydrogen-bond donors (Lipinski definition) is 3. The molecule has 2 aliphatic rings. The molecule has 1 atom stereocenters. The van der Waals surface area contributed by atoms with Crippen molar-refractivity contribution in [2.75, 3.05) is 21.7 Å². The highest BCUT2D eigenvalue weighted by molar-refractivity contribution is 6.32. The largest absolute Gasteiger partial charge is 0.382 e. The van der Waals surface area contributed by atoms with Gasteiger partial charge in [0.15, 0.2) is 5.82 Å². The van der Waals surface area contributed by atoms with Crippen LogP contribution in [0.15, 0.2) is 41.7 Å². The Kier molecular flexibility index (Phi) is 5.18. The van der Waals surface area contributed by atoms with Crippen LogP contribution in [0.4, 0.5) is 33.3 Å². The van der Waals surface area contributed by atoms with Crippen LogP contribution in [-0.2, 0) is 6.54 Å². The zero-order valence-electron chi connectivity index (χ0n) is 17.3. The predicted molar refractivity (Wildman–Crippen MR) is 125 cm³/mol. The normalized spacial score (nSPS) is 15.9. The van der Waals surface area contributed by atoms with E-state index in [1.807, 2.05) is 23.1 Å². The number of nitriles is 1.